The van der Waals surface area contributed by atoms with Crippen molar-refractivity contribution in [3.05, 3.63) is 64.2 Å². The Hall–Kier alpha value is -2.54. The van der Waals surface area contributed by atoms with Gasteiger partial charge in [-0.3, -0.25) is 9.69 Å². The number of likely N-dealkylation sites (N-methyl/N-ethyl adjacent to an activating group) is 1. The van der Waals surface area contributed by atoms with Crippen LogP contribution in [0.2, 0.25) is 5.02 Å². The number of phenolic OH excluding ortho intramolecular Hbond substituents is 1. The molecule has 5 atom stereocenters. The molecule has 1 spiro atoms. The molecule has 3 aliphatic carbocycles. The Morgan fingerprint density at radius 2 is 1.97 bits per heavy atom. The highest BCUT2D eigenvalue weighted by molar-refractivity contribution is 6.30. The van der Waals surface area contributed by atoms with E-state index in [1.54, 1.807) is 35.3 Å². The van der Waals surface area contributed by atoms with Crippen molar-refractivity contribution in [3.8, 4) is 11.5 Å². The highest BCUT2D eigenvalue weighted by atomic mass is 35.5. The molecule has 1 amide bonds. The van der Waals surface area contributed by atoms with Crippen molar-refractivity contribution < 1.29 is 19.7 Å². The van der Waals surface area contributed by atoms with E-state index in [1.165, 1.54) is 18.4 Å². The van der Waals surface area contributed by atoms with Gasteiger partial charge in [0, 0.05) is 36.3 Å². The lowest BCUT2D eigenvalue weighted by Crippen LogP contribution is -2.78. The van der Waals surface area contributed by atoms with Crippen LogP contribution in [0.25, 0.3) is 6.08 Å². The normalized spacial score (nSPS) is 33.8. The largest absolute Gasteiger partial charge is 0.504 e. The molecule has 7 heteroatoms. The predicted octanol–water partition coefficient (Wildman–Crippen LogP) is 4.15. The lowest BCUT2D eigenvalue weighted by Gasteiger charge is -2.64. The first-order chi connectivity index (χ1) is 17.8. The lowest BCUT2D eigenvalue weighted by atomic mass is 9.48. The molecule has 0 radical (unpaired) electrons. The molecular formula is C30H33ClN2O4. The number of benzene rings is 2. The first-order valence-electron chi connectivity index (χ1n) is 13.5. The number of nitrogens with zero attached hydrogens (tertiary/aromatic N) is 2. The van der Waals surface area contributed by atoms with Gasteiger partial charge in [-0.2, -0.15) is 0 Å². The van der Waals surface area contributed by atoms with Gasteiger partial charge in [-0.25, -0.2) is 0 Å². The van der Waals surface area contributed by atoms with E-state index in [9.17, 15) is 15.0 Å². The Morgan fingerprint density at radius 1 is 1.19 bits per heavy atom. The summed E-state index contributed by atoms with van der Waals surface area (Å²) in [6.45, 7) is 1.95. The second kappa shape index (κ2) is 8.23. The number of hydrogen-bond donors (Lipinski definition) is 2. The zero-order chi connectivity index (χ0) is 25.5. The molecular weight excluding hydrogens is 488 g/mol. The van der Waals surface area contributed by atoms with Gasteiger partial charge in [-0.1, -0.05) is 29.8 Å². The summed E-state index contributed by atoms with van der Waals surface area (Å²) in [4.78, 5) is 17.6. The molecule has 2 saturated carbocycles. The van der Waals surface area contributed by atoms with E-state index in [1.807, 2.05) is 25.2 Å². The number of hydrogen-bond acceptors (Lipinski definition) is 5. The summed E-state index contributed by atoms with van der Waals surface area (Å²) in [6.07, 6.45) is 8.35. The molecule has 194 valence electrons. The highest BCUT2D eigenvalue weighted by Gasteiger charge is 2.73. The van der Waals surface area contributed by atoms with Crippen LogP contribution in [-0.2, 0) is 16.6 Å². The smallest absolute Gasteiger partial charge is 0.246 e. The monoisotopic (exact) mass is 520 g/mol. The van der Waals surface area contributed by atoms with Crippen LogP contribution < -0.4 is 4.74 Å². The van der Waals surface area contributed by atoms with Crippen LogP contribution in [-0.4, -0.2) is 69.8 Å². The summed E-state index contributed by atoms with van der Waals surface area (Å²) in [7, 11) is 1.83. The first-order valence-corrected chi connectivity index (χ1v) is 13.9. The molecule has 2 heterocycles. The van der Waals surface area contributed by atoms with Crippen molar-refractivity contribution >= 4 is 23.6 Å². The Labute approximate surface area is 222 Å². The highest BCUT2D eigenvalue weighted by Crippen LogP contribution is 2.66. The molecule has 2 aromatic carbocycles. The maximum atomic E-state index is 13.3. The zero-order valence-corrected chi connectivity index (χ0v) is 21.8. The summed E-state index contributed by atoms with van der Waals surface area (Å²) in [5, 5.41) is 24.1. The van der Waals surface area contributed by atoms with Crippen molar-refractivity contribution in [1.82, 2.24) is 9.80 Å². The zero-order valence-electron chi connectivity index (χ0n) is 21.1. The van der Waals surface area contributed by atoms with Gasteiger partial charge in [-0.15, -0.1) is 0 Å². The van der Waals surface area contributed by atoms with Gasteiger partial charge in [0.15, 0.2) is 11.5 Å². The van der Waals surface area contributed by atoms with Crippen LogP contribution in [0.1, 0.15) is 48.8 Å². The fraction of sp³-hybridized carbons (Fsp3) is 0.500. The van der Waals surface area contributed by atoms with E-state index in [0.29, 0.717) is 23.6 Å². The SMILES string of the molecule is CN(C(=O)/C=C/c1ccc(Cl)cc1)[C@@H]1CC[C@@]2(O)[C@@H]3Cc4ccc(O)c5c4[C@@]2(CCN3CC2CC2)[C@H]1O5. The lowest BCUT2D eigenvalue weighted by molar-refractivity contribution is -0.200. The van der Waals surface area contributed by atoms with E-state index in [0.717, 1.165) is 43.0 Å². The number of halogens is 1. The first kappa shape index (κ1) is 23.6. The molecule has 2 N–H and O–H groups in total. The Morgan fingerprint density at radius 3 is 2.73 bits per heavy atom. The van der Waals surface area contributed by atoms with Crippen LogP contribution in [0.15, 0.2) is 42.5 Å². The Bertz CT molecular complexity index is 1290. The molecule has 0 aromatic heterocycles. The van der Waals surface area contributed by atoms with Gasteiger partial charge in [0.05, 0.1) is 17.1 Å². The molecule has 6 nitrogen and oxygen atoms in total. The number of phenols is 1. The summed E-state index contributed by atoms with van der Waals surface area (Å²) < 4.78 is 6.60. The summed E-state index contributed by atoms with van der Waals surface area (Å²) in [5.74, 6) is 1.28. The molecule has 0 unspecified atom stereocenters. The molecule has 1 saturated heterocycles. The number of piperidine rings is 1. The van der Waals surface area contributed by atoms with Crippen molar-refractivity contribution in [2.75, 3.05) is 20.1 Å². The average molecular weight is 521 g/mol. The van der Waals surface area contributed by atoms with Gasteiger partial charge in [0.1, 0.15) is 6.10 Å². The summed E-state index contributed by atoms with van der Waals surface area (Å²) in [5.41, 5.74) is 1.49. The van der Waals surface area contributed by atoms with E-state index in [2.05, 4.69) is 4.90 Å². The van der Waals surface area contributed by atoms with Crippen LogP contribution >= 0.6 is 11.6 Å². The quantitative estimate of drug-likeness (QED) is 0.579. The summed E-state index contributed by atoms with van der Waals surface area (Å²) in [6, 6.07) is 10.9. The van der Waals surface area contributed by atoms with E-state index in [-0.39, 0.29) is 23.7 Å². The predicted molar refractivity (Wildman–Crippen MR) is 142 cm³/mol. The molecule has 37 heavy (non-hydrogen) atoms. The number of rotatable bonds is 5. The molecule has 5 aliphatic rings. The van der Waals surface area contributed by atoms with Gasteiger partial charge in [-0.05, 0) is 86.4 Å². The average Bonchev–Trinajstić information content (AvgIpc) is 3.63. The van der Waals surface area contributed by atoms with Crippen molar-refractivity contribution in [2.45, 2.75) is 67.7 Å². The van der Waals surface area contributed by atoms with Gasteiger partial charge < -0.3 is 19.8 Å². The maximum absolute atomic E-state index is 13.3. The van der Waals surface area contributed by atoms with Crippen LogP contribution in [0.3, 0.4) is 0 Å². The minimum atomic E-state index is -0.948. The van der Waals surface area contributed by atoms with Gasteiger partial charge in [0.25, 0.3) is 0 Å². The fourth-order valence-corrected chi connectivity index (χ4v) is 8.00. The molecule has 2 aromatic rings. The van der Waals surface area contributed by atoms with Crippen LogP contribution in [0.5, 0.6) is 11.5 Å². The third kappa shape index (κ3) is 3.35. The van der Waals surface area contributed by atoms with Crippen LogP contribution in [0.4, 0.5) is 0 Å². The Balaban J connectivity index is 1.24. The second-order valence-electron chi connectivity index (χ2n) is 11.7. The topological polar surface area (TPSA) is 73.2 Å². The second-order valence-corrected chi connectivity index (χ2v) is 12.2. The number of aliphatic hydroxyl groups is 1. The maximum Gasteiger partial charge on any atom is 0.246 e. The number of aromatic hydroxyl groups is 1. The minimum absolute atomic E-state index is 0.0303. The van der Waals surface area contributed by atoms with Crippen molar-refractivity contribution in [1.29, 1.82) is 0 Å². The number of carbonyl (C=O) groups is 1. The fourth-order valence-electron chi connectivity index (χ4n) is 7.87. The Kier molecular flexibility index (Phi) is 5.24. The van der Waals surface area contributed by atoms with Crippen molar-refractivity contribution in [3.63, 3.8) is 0 Å². The summed E-state index contributed by atoms with van der Waals surface area (Å²) >= 11 is 5.99. The molecule has 7 rings (SSSR count). The number of likely N-dealkylation sites (tertiary alicyclic amines) is 1. The minimum Gasteiger partial charge on any atom is -0.504 e. The van der Waals surface area contributed by atoms with E-state index in [4.69, 9.17) is 16.3 Å². The van der Waals surface area contributed by atoms with E-state index >= 15 is 0 Å². The number of carbonyl (C=O) groups excluding carboxylic acids is 1. The molecule has 3 fully saturated rings. The van der Waals surface area contributed by atoms with Gasteiger partial charge >= 0.3 is 0 Å². The third-order valence-corrected chi connectivity index (χ3v) is 10.1. The van der Waals surface area contributed by atoms with E-state index < -0.39 is 17.1 Å². The van der Waals surface area contributed by atoms with Gasteiger partial charge in [0.2, 0.25) is 5.91 Å². The van der Waals surface area contributed by atoms with Crippen molar-refractivity contribution in [2.24, 2.45) is 5.92 Å². The number of ether oxygens (including phenoxy) is 1. The third-order valence-electron chi connectivity index (χ3n) is 9.86. The standard InChI is InChI=1S/C30H33ClN2O4/c1-32(25(35)11-6-18-4-8-21(31)9-5-18)22-12-13-30(36)24-16-20-7-10-23(34)27-26(20)29(30,28(22)37-27)14-15-33(24)17-19-2-3-19/h4-11,19,22,24,28,34,36H,2-3,12-17H2,1H3/b11-6+/t22-,24+,28+,29+,30-/m1/s1. The molecule has 2 aliphatic heterocycles. The van der Waals surface area contributed by atoms with Crippen LogP contribution in [0, 0.1) is 5.92 Å². The number of amides is 1. The molecule has 2 bridgehead atoms.